The Labute approximate surface area is 138 Å². The number of hydrogen-bond donors (Lipinski definition) is 2. The first-order chi connectivity index (χ1) is 10.2. The predicted molar refractivity (Wildman–Crippen MR) is 92.4 cm³/mol. The fourth-order valence-electron chi connectivity index (χ4n) is 2.17. The summed E-state index contributed by atoms with van der Waals surface area (Å²) in [5.74, 6) is 1.78. The van der Waals surface area contributed by atoms with Gasteiger partial charge in [0.2, 0.25) is 0 Å². The average molecular weight is 374 g/mol. The molecular formula is C15H21BrFN3S. The van der Waals surface area contributed by atoms with Crippen LogP contribution in [0.25, 0.3) is 0 Å². The minimum absolute atomic E-state index is 0.227. The van der Waals surface area contributed by atoms with Crippen LogP contribution in [0.3, 0.4) is 0 Å². The Bertz CT molecular complexity index is 490. The van der Waals surface area contributed by atoms with Gasteiger partial charge in [-0.2, -0.15) is 11.8 Å². The van der Waals surface area contributed by atoms with E-state index in [1.54, 1.807) is 6.07 Å². The number of halogens is 2. The van der Waals surface area contributed by atoms with Crippen molar-refractivity contribution >= 4 is 33.7 Å². The van der Waals surface area contributed by atoms with Gasteiger partial charge in [0, 0.05) is 28.4 Å². The van der Waals surface area contributed by atoms with E-state index in [4.69, 9.17) is 0 Å². The molecule has 0 saturated carbocycles. The van der Waals surface area contributed by atoms with Crippen LogP contribution in [-0.2, 0) is 6.54 Å². The molecule has 3 nitrogen and oxygen atoms in total. The van der Waals surface area contributed by atoms with Crippen LogP contribution in [0, 0.1) is 5.82 Å². The number of aliphatic imine (C=N–C) groups is 1. The average Bonchev–Trinajstić information content (AvgIpc) is 2.96. The highest BCUT2D eigenvalue weighted by Crippen LogP contribution is 2.25. The minimum atomic E-state index is -0.227. The monoisotopic (exact) mass is 373 g/mol. The second-order valence-corrected chi connectivity index (χ2v) is 7.27. The number of rotatable bonds is 5. The number of benzene rings is 1. The van der Waals surface area contributed by atoms with Crippen molar-refractivity contribution in [2.75, 3.05) is 18.8 Å². The van der Waals surface area contributed by atoms with E-state index >= 15 is 0 Å². The third kappa shape index (κ3) is 5.51. The van der Waals surface area contributed by atoms with Crippen molar-refractivity contribution in [1.29, 1.82) is 0 Å². The van der Waals surface area contributed by atoms with E-state index in [-0.39, 0.29) is 5.82 Å². The first-order valence-corrected chi connectivity index (χ1v) is 9.11. The summed E-state index contributed by atoms with van der Waals surface area (Å²) in [5, 5.41) is 7.22. The molecule has 0 aliphatic carbocycles. The van der Waals surface area contributed by atoms with E-state index in [0.717, 1.165) is 23.5 Å². The summed E-state index contributed by atoms with van der Waals surface area (Å²) in [6.07, 6.45) is 2.56. The normalized spacial score (nSPS) is 18.8. The standard InChI is InChI=1S/C15H21BrFN3S/c1-2-18-15(20-10-13-4-3-7-21-13)19-9-11-5-6-12(16)8-14(11)17/h5-6,8,13H,2-4,7,9-10H2,1H3,(H2,18,19,20). The fourth-order valence-corrected chi connectivity index (χ4v) is 3.71. The third-order valence-electron chi connectivity index (χ3n) is 3.29. The molecule has 1 saturated heterocycles. The van der Waals surface area contributed by atoms with E-state index in [1.165, 1.54) is 24.7 Å². The molecule has 1 aromatic rings. The molecule has 1 aliphatic rings. The zero-order valence-corrected chi connectivity index (χ0v) is 14.6. The SMILES string of the molecule is CCNC(=NCc1ccc(Br)cc1F)NCC1CCCS1. The van der Waals surface area contributed by atoms with Crippen molar-refractivity contribution in [1.82, 2.24) is 10.6 Å². The summed E-state index contributed by atoms with van der Waals surface area (Å²) >= 11 is 5.27. The van der Waals surface area contributed by atoms with Gasteiger partial charge in [-0.3, -0.25) is 0 Å². The highest BCUT2D eigenvalue weighted by molar-refractivity contribution is 9.10. The van der Waals surface area contributed by atoms with Crippen molar-refractivity contribution in [2.45, 2.75) is 31.6 Å². The van der Waals surface area contributed by atoms with E-state index in [1.807, 2.05) is 24.8 Å². The van der Waals surface area contributed by atoms with Gasteiger partial charge in [0.05, 0.1) is 6.54 Å². The zero-order chi connectivity index (χ0) is 15.1. The van der Waals surface area contributed by atoms with Crippen LogP contribution in [0.1, 0.15) is 25.3 Å². The van der Waals surface area contributed by atoms with Crippen LogP contribution in [-0.4, -0.2) is 30.1 Å². The number of hydrogen-bond acceptors (Lipinski definition) is 2. The molecule has 6 heteroatoms. The lowest BCUT2D eigenvalue weighted by Gasteiger charge is -2.14. The number of guanidine groups is 1. The Balaban J connectivity index is 1.92. The Hall–Kier alpha value is -0.750. The molecule has 1 aliphatic heterocycles. The largest absolute Gasteiger partial charge is 0.357 e. The lowest BCUT2D eigenvalue weighted by atomic mass is 10.2. The van der Waals surface area contributed by atoms with Crippen molar-refractivity contribution in [2.24, 2.45) is 4.99 Å². The van der Waals surface area contributed by atoms with Gasteiger partial charge in [-0.05, 0) is 37.7 Å². The Morgan fingerprint density at radius 2 is 2.33 bits per heavy atom. The highest BCUT2D eigenvalue weighted by atomic mass is 79.9. The molecule has 1 heterocycles. The summed E-state index contributed by atoms with van der Waals surface area (Å²) in [6, 6.07) is 5.07. The Morgan fingerprint density at radius 1 is 1.48 bits per heavy atom. The van der Waals surface area contributed by atoms with E-state index < -0.39 is 0 Å². The van der Waals surface area contributed by atoms with Gasteiger partial charge in [-0.25, -0.2) is 9.38 Å². The van der Waals surface area contributed by atoms with Crippen LogP contribution >= 0.6 is 27.7 Å². The van der Waals surface area contributed by atoms with Crippen molar-refractivity contribution in [3.8, 4) is 0 Å². The molecule has 0 amide bonds. The number of thioether (sulfide) groups is 1. The Morgan fingerprint density at radius 3 is 3.00 bits per heavy atom. The summed E-state index contributed by atoms with van der Waals surface area (Å²) in [7, 11) is 0. The topological polar surface area (TPSA) is 36.4 Å². The molecule has 2 rings (SSSR count). The van der Waals surface area contributed by atoms with Crippen LogP contribution < -0.4 is 10.6 Å². The van der Waals surface area contributed by atoms with Gasteiger partial charge in [0.15, 0.2) is 5.96 Å². The molecule has 116 valence electrons. The highest BCUT2D eigenvalue weighted by Gasteiger charge is 2.15. The van der Waals surface area contributed by atoms with E-state index in [0.29, 0.717) is 17.4 Å². The van der Waals surface area contributed by atoms with Gasteiger partial charge in [0.1, 0.15) is 5.82 Å². The second-order valence-electron chi connectivity index (χ2n) is 4.95. The summed E-state index contributed by atoms with van der Waals surface area (Å²) in [6.45, 7) is 4.08. The maximum absolute atomic E-state index is 13.8. The van der Waals surface area contributed by atoms with Gasteiger partial charge < -0.3 is 10.6 Å². The zero-order valence-electron chi connectivity index (χ0n) is 12.2. The molecular weight excluding hydrogens is 353 g/mol. The van der Waals surface area contributed by atoms with Crippen LogP contribution in [0.2, 0.25) is 0 Å². The van der Waals surface area contributed by atoms with Crippen molar-refractivity contribution < 1.29 is 4.39 Å². The maximum atomic E-state index is 13.8. The molecule has 0 radical (unpaired) electrons. The number of nitrogens with one attached hydrogen (secondary N) is 2. The maximum Gasteiger partial charge on any atom is 0.191 e. The van der Waals surface area contributed by atoms with E-state index in [2.05, 4.69) is 31.6 Å². The molecule has 0 spiro atoms. The van der Waals surface area contributed by atoms with Gasteiger partial charge in [-0.1, -0.05) is 22.0 Å². The molecule has 0 bridgehead atoms. The molecule has 1 atom stereocenters. The fraction of sp³-hybridized carbons (Fsp3) is 0.533. The van der Waals surface area contributed by atoms with Crippen LogP contribution in [0.4, 0.5) is 4.39 Å². The van der Waals surface area contributed by atoms with Gasteiger partial charge >= 0.3 is 0 Å². The predicted octanol–water partition coefficient (Wildman–Crippen LogP) is 3.54. The van der Waals surface area contributed by atoms with E-state index in [9.17, 15) is 4.39 Å². The molecule has 1 unspecified atom stereocenters. The van der Waals surface area contributed by atoms with Crippen molar-refractivity contribution in [3.63, 3.8) is 0 Å². The second kappa shape index (κ2) is 8.63. The van der Waals surface area contributed by atoms with Gasteiger partial charge in [0.25, 0.3) is 0 Å². The number of nitrogens with zero attached hydrogens (tertiary/aromatic N) is 1. The lowest BCUT2D eigenvalue weighted by Crippen LogP contribution is -2.40. The summed E-state index contributed by atoms with van der Waals surface area (Å²) < 4.78 is 14.5. The molecule has 2 N–H and O–H groups in total. The van der Waals surface area contributed by atoms with Crippen molar-refractivity contribution in [3.05, 3.63) is 34.1 Å². The first-order valence-electron chi connectivity index (χ1n) is 7.26. The summed E-state index contributed by atoms with van der Waals surface area (Å²) in [5.41, 5.74) is 0.602. The van der Waals surface area contributed by atoms with Gasteiger partial charge in [-0.15, -0.1) is 0 Å². The lowest BCUT2D eigenvalue weighted by molar-refractivity contribution is 0.609. The van der Waals surface area contributed by atoms with Crippen LogP contribution in [0.5, 0.6) is 0 Å². The molecule has 1 aromatic carbocycles. The third-order valence-corrected chi connectivity index (χ3v) is 5.18. The molecule has 1 fully saturated rings. The summed E-state index contributed by atoms with van der Waals surface area (Å²) in [4.78, 5) is 4.47. The Kier molecular flexibility index (Phi) is 6.83. The first kappa shape index (κ1) is 16.6. The van der Waals surface area contributed by atoms with Crippen LogP contribution in [0.15, 0.2) is 27.7 Å². The quantitative estimate of drug-likeness (QED) is 0.612. The molecule has 21 heavy (non-hydrogen) atoms. The minimum Gasteiger partial charge on any atom is -0.357 e. The smallest absolute Gasteiger partial charge is 0.191 e. The molecule has 0 aromatic heterocycles.